The van der Waals surface area contributed by atoms with Crippen LogP contribution in [0, 0.1) is 17.0 Å². The first-order valence-corrected chi connectivity index (χ1v) is 10.5. The number of H-pyrrole nitrogens is 1. The summed E-state index contributed by atoms with van der Waals surface area (Å²) in [6.07, 6.45) is 1.27. The first-order chi connectivity index (χ1) is 15.3. The number of hydrogen-bond acceptors (Lipinski definition) is 4. The van der Waals surface area contributed by atoms with Gasteiger partial charge in [-0.1, -0.05) is 23.7 Å². The first kappa shape index (κ1) is 20.8. The van der Waals surface area contributed by atoms with Crippen molar-refractivity contribution in [1.29, 1.82) is 0 Å². The maximum absolute atomic E-state index is 14.3. The lowest BCUT2D eigenvalue weighted by Crippen LogP contribution is -2.69. The second kappa shape index (κ2) is 7.83. The Morgan fingerprint density at radius 3 is 2.78 bits per heavy atom. The van der Waals surface area contributed by atoms with Crippen molar-refractivity contribution in [1.82, 2.24) is 20.2 Å². The van der Waals surface area contributed by atoms with E-state index in [-0.39, 0.29) is 29.0 Å². The van der Waals surface area contributed by atoms with E-state index in [1.807, 2.05) is 0 Å². The molecule has 0 radical (unpaired) electrons. The Bertz CT molecular complexity index is 1220. The van der Waals surface area contributed by atoms with Gasteiger partial charge in [-0.2, -0.15) is 0 Å². The molecule has 2 fully saturated rings. The Kier molecular flexibility index (Phi) is 5.10. The maximum Gasteiger partial charge on any atom is 0.268 e. The van der Waals surface area contributed by atoms with Crippen molar-refractivity contribution < 1.29 is 23.1 Å². The van der Waals surface area contributed by atoms with E-state index < -0.39 is 23.6 Å². The van der Waals surface area contributed by atoms with Gasteiger partial charge in [-0.15, -0.1) is 0 Å². The van der Waals surface area contributed by atoms with Gasteiger partial charge >= 0.3 is 0 Å². The zero-order chi connectivity index (χ0) is 22.5. The van der Waals surface area contributed by atoms with E-state index >= 15 is 0 Å². The number of nitrogens with one attached hydrogen (secondary N) is 2. The molecule has 3 aromatic rings. The van der Waals surface area contributed by atoms with Gasteiger partial charge < -0.3 is 19.9 Å². The molecule has 2 amide bonds. The van der Waals surface area contributed by atoms with Gasteiger partial charge in [0.1, 0.15) is 17.4 Å². The molecule has 0 bridgehead atoms. The molecule has 1 atom stereocenters. The lowest BCUT2D eigenvalue weighted by molar-refractivity contribution is -0.196. The molecule has 2 N–H and O–H groups in total. The lowest BCUT2D eigenvalue weighted by Gasteiger charge is -2.55. The molecular formula is C22H19ClF2N4O3. The van der Waals surface area contributed by atoms with Crippen LogP contribution >= 0.6 is 11.6 Å². The molecule has 1 unspecified atom stereocenters. The zero-order valence-corrected chi connectivity index (χ0v) is 17.6. The fourth-order valence-corrected chi connectivity index (χ4v) is 4.35. The zero-order valence-electron chi connectivity index (χ0n) is 16.8. The Morgan fingerprint density at radius 2 is 2.06 bits per heavy atom. The topological polar surface area (TPSA) is 87.3 Å². The molecule has 1 spiro atoms. The number of nitrogens with zero attached hydrogens (tertiary/aromatic N) is 2. The number of benzene rings is 1. The summed E-state index contributed by atoms with van der Waals surface area (Å²) in [6.45, 7) is 2.21. The van der Waals surface area contributed by atoms with E-state index in [2.05, 4.69) is 15.3 Å². The standard InChI is InChI=1S/C22H19ClF2N4O3/c23-14-4-13-6-16(27-19(13)26-7-14)20(30)28-17(5-12-2-1-3-15(24)18(12)25)21(31)29-8-22(9-29)10-32-11-22/h1-4,6-7,17H,5,8-11H2,(H,26,27)(H,28,30). The minimum atomic E-state index is -1.07. The molecule has 32 heavy (non-hydrogen) atoms. The van der Waals surface area contributed by atoms with Gasteiger partial charge in [0.15, 0.2) is 11.6 Å². The molecule has 1 aromatic carbocycles. The largest absolute Gasteiger partial charge is 0.380 e. The monoisotopic (exact) mass is 460 g/mol. The normalized spacial score (nSPS) is 17.7. The lowest BCUT2D eigenvalue weighted by atomic mass is 9.77. The van der Waals surface area contributed by atoms with Gasteiger partial charge in [-0.3, -0.25) is 9.59 Å². The number of carbonyl (C=O) groups is 2. The number of hydrogen-bond donors (Lipinski definition) is 2. The Hall–Kier alpha value is -3.04. The van der Waals surface area contributed by atoms with E-state index in [9.17, 15) is 18.4 Å². The van der Waals surface area contributed by atoms with Crippen LogP contribution in [-0.4, -0.2) is 59.0 Å². The van der Waals surface area contributed by atoms with E-state index in [4.69, 9.17) is 16.3 Å². The summed E-state index contributed by atoms with van der Waals surface area (Å²) in [5.41, 5.74) is 0.639. The quantitative estimate of drug-likeness (QED) is 0.613. The number of aromatic amines is 1. The summed E-state index contributed by atoms with van der Waals surface area (Å²) in [7, 11) is 0. The highest BCUT2D eigenvalue weighted by molar-refractivity contribution is 6.31. The Balaban J connectivity index is 1.38. The second-order valence-corrected chi connectivity index (χ2v) is 8.84. The molecule has 7 nitrogen and oxygen atoms in total. The van der Waals surface area contributed by atoms with Crippen LogP contribution in [0.5, 0.6) is 0 Å². The minimum Gasteiger partial charge on any atom is -0.380 e. The summed E-state index contributed by atoms with van der Waals surface area (Å²) in [5, 5.41) is 3.73. The molecule has 2 saturated heterocycles. The van der Waals surface area contributed by atoms with Gasteiger partial charge in [0.2, 0.25) is 5.91 Å². The predicted octanol–water partition coefficient (Wildman–Crippen LogP) is 2.69. The Morgan fingerprint density at radius 1 is 1.28 bits per heavy atom. The van der Waals surface area contributed by atoms with Gasteiger partial charge in [-0.25, -0.2) is 13.8 Å². The molecule has 5 rings (SSSR count). The van der Waals surface area contributed by atoms with Crippen molar-refractivity contribution >= 4 is 34.4 Å². The van der Waals surface area contributed by atoms with Gasteiger partial charge in [0.05, 0.1) is 23.7 Å². The van der Waals surface area contributed by atoms with Crippen LogP contribution in [0.4, 0.5) is 8.78 Å². The molecule has 166 valence electrons. The van der Waals surface area contributed by atoms with Crippen molar-refractivity contribution in [3.05, 3.63) is 64.4 Å². The molecular weight excluding hydrogens is 442 g/mol. The minimum absolute atomic E-state index is 0.0101. The third-order valence-corrected chi connectivity index (χ3v) is 6.13. The van der Waals surface area contributed by atoms with Crippen LogP contribution in [0.25, 0.3) is 11.0 Å². The van der Waals surface area contributed by atoms with E-state index in [1.54, 1.807) is 17.0 Å². The third kappa shape index (κ3) is 3.71. The Labute approximate surface area is 186 Å². The number of ether oxygens (including phenoxy) is 1. The number of amides is 2. The van der Waals surface area contributed by atoms with Gasteiger partial charge in [0.25, 0.3) is 5.91 Å². The highest BCUT2D eigenvalue weighted by Crippen LogP contribution is 2.38. The maximum atomic E-state index is 14.3. The summed E-state index contributed by atoms with van der Waals surface area (Å²) >= 11 is 5.95. The summed E-state index contributed by atoms with van der Waals surface area (Å²) in [6, 6.07) is 5.93. The van der Waals surface area contributed by atoms with Crippen LogP contribution in [0.2, 0.25) is 5.02 Å². The SMILES string of the molecule is O=C(NC(Cc1cccc(F)c1F)C(=O)N1CC2(COC2)C1)c1cc2cc(Cl)cnc2[nH]1. The molecule has 2 aromatic heterocycles. The molecule has 10 heteroatoms. The molecule has 2 aliphatic rings. The number of rotatable bonds is 5. The van der Waals surface area contributed by atoms with Crippen molar-refractivity contribution in [3.8, 4) is 0 Å². The smallest absolute Gasteiger partial charge is 0.268 e. The second-order valence-electron chi connectivity index (χ2n) is 8.40. The molecule has 0 saturated carbocycles. The van der Waals surface area contributed by atoms with Crippen LogP contribution in [0.15, 0.2) is 36.5 Å². The third-order valence-electron chi connectivity index (χ3n) is 5.92. The average molecular weight is 461 g/mol. The number of halogens is 3. The van der Waals surface area contributed by atoms with Crippen molar-refractivity contribution in [2.45, 2.75) is 12.5 Å². The highest BCUT2D eigenvalue weighted by atomic mass is 35.5. The van der Waals surface area contributed by atoms with E-state index in [0.717, 1.165) is 6.07 Å². The van der Waals surface area contributed by atoms with Crippen LogP contribution in [0.3, 0.4) is 0 Å². The predicted molar refractivity (Wildman–Crippen MR) is 112 cm³/mol. The number of pyridine rings is 1. The van der Waals surface area contributed by atoms with Crippen molar-refractivity contribution in [2.75, 3.05) is 26.3 Å². The summed E-state index contributed by atoms with van der Waals surface area (Å²) in [5.74, 6) is -2.95. The molecule has 4 heterocycles. The van der Waals surface area contributed by atoms with Gasteiger partial charge in [-0.05, 0) is 23.8 Å². The van der Waals surface area contributed by atoms with Crippen LogP contribution < -0.4 is 5.32 Å². The van der Waals surface area contributed by atoms with Crippen LogP contribution in [0.1, 0.15) is 16.1 Å². The number of carbonyl (C=O) groups excluding carboxylic acids is 2. The number of fused-ring (bicyclic) bond motifs is 1. The summed E-state index contributed by atoms with van der Waals surface area (Å²) < 4.78 is 33.2. The summed E-state index contributed by atoms with van der Waals surface area (Å²) in [4.78, 5) is 34.7. The van der Waals surface area contributed by atoms with E-state index in [0.29, 0.717) is 42.4 Å². The van der Waals surface area contributed by atoms with Gasteiger partial charge in [0, 0.05) is 31.1 Å². The molecule has 2 aliphatic heterocycles. The number of aromatic nitrogens is 2. The average Bonchev–Trinajstić information content (AvgIpc) is 3.12. The molecule has 0 aliphatic carbocycles. The highest BCUT2D eigenvalue weighted by Gasteiger charge is 2.51. The fraction of sp³-hybridized carbons (Fsp3) is 0.318. The fourth-order valence-electron chi connectivity index (χ4n) is 4.19. The van der Waals surface area contributed by atoms with Crippen molar-refractivity contribution in [3.63, 3.8) is 0 Å². The first-order valence-electron chi connectivity index (χ1n) is 10.1. The van der Waals surface area contributed by atoms with Crippen LogP contribution in [-0.2, 0) is 16.0 Å². The van der Waals surface area contributed by atoms with E-state index in [1.165, 1.54) is 18.3 Å². The number of likely N-dealkylation sites (tertiary alicyclic amines) is 1. The van der Waals surface area contributed by atoms with Crippen molar-refractivity contribution in [2.24, 2.45) is 5.41 Å².